The van der Waals surface area contributed by atoms with Crippen molar-refractivity contribution >= 4 is 17.2 Å². The fourth-order valence-corrected chi connectivity index (χ4v) is 3.19. The highest BCUT2D eigenvalue weighted by atomic mass is 32.1. The van der Waals surface area contributed by atoms with Crippen molar-refractivity contribution in [3.63, 3.8) is 0 Å². The molecule has 1 amide bonds. The fraction of sp³-hybridized carbons (Fsp3) is 0.235. The molecule has 0 unspecified atom stereocenters. The Kier molecular flexibility index (Phi) is 4.44. The monoisotopic (exact) mass is 344 g/mol. The Labute approximate surface area is 143 Å². The number of nitrogens with zero attached hydrogens (tertiary/aromatic N) is 4. The normalized spacial score (nSPS) is 12.2. The molecule has 2 aromatic heterocycles. The number of benzene rings is 1. The predicted molar refractivity (Wildman–Crippen MR) is 90.9 cm³/mol. The maximum absolute atomic E-state index is 13.1. The van der Waals surface area contributed by atoms with Crippen LogP contribution >= 0.6 is 11.3 Å². The van der Waals surface area contributed by atoms with Gasteiger partial charge in [-0.1, -0.05) is 6.07 Å². The van der Waals surface area contributed by atoms with Gasteiger partial charge in [-0.25, -0.2) is 14.1 Å². The molecule has 7 heteroatoms. The number of amides is 1. The highest BCUT2D eigenvalue weighted by Crippen LogP contribution is 2.24. The molecule has 124 valence electrons. The molecule has 0 saturated carbocycles. The average molecular weight is 344 g/mol. The van der Waals surface area contributed by atoms with Crippen LogP contribution in [0.3, 0.4) is 0 Å². The molecule has 2 heterocycles. The number of carbonyl (C=O) groups is 1. The number of aryl methyl sites for hydroxylation is 1. The average Bonchev–Trinajstić information content (AvgIpc) is 3.23. The Hall–Kier alpha value is -2.54. The van der Waals surface area contributed by atoms with Gasteiger partial charge < -0.3 is 4.90 Å². The smallest absolute Gasteiger partial charge is 0.293 e. The van der Waals surface area contributed by atoms with Crippen molar-refractivity contribution in [3.05, 3.63) is 64.1 Å². The predicted octanol–water partition coefficient (Wildman–Crippen LogP) is 3.61. The second-order valence-corrected chi connectivity index (χ2v) is 6.46. The lowest BCUT2D eigenvalue weighted by atomic mass is 10.2. The Morgan fingerprint density at radius 1 is 1.29 bits per heavy atom. The van der Waals surface area contributed by atoms with Crippen LogP contribution in [0.1, 0.15) is 34.3 Å². The van der Waals surface area contributed by atoms with Gasteiger partial charge in [0.15, 0.2) is 0 Å². The Morgan fingerprint density at radius 2 is 2.00 bits per heavy atom. The SMILES string of the molecule is Cc1nc(C(=O)N(C)[C@H](C)c2cccs2)nn1-c1ccc(F)cc1. The van der Waals surface area contributed by atoms with Crippen LogP contribution in [0, 0.1) is 12.7 Å². The van der Waals surface area contributed by atoms with Gasteiger partial charge in [0.25, 0.3) is 5.91 Å². The molecular formula is C17H17FN4OS. The van der Waals surface area contributed by atoms with E-state index in [0.717, 1.165) is 4.88 Å². The maximum Gasteiger partial charge on any atom is 0.293 e. The first-order valence-electron chi connectivity index (χ1n) is 7.47. The van der Waals surface area contributed by atoms with Crippen molar-refractivity contribution < 1.29 is 9.18 Å². The van der Waals surface area contributed by atoms with Gasteiger partial charge in [0, 0.05) is 11.9 Å². The molecule has 3 aromatic rings. The highest BCUT2D eigenvalue weighted by Gasteiger charge is 2.24. The second kappa shape index (κ2) is 6.52. The molecule has 3 rings (SSSR count). The number of carbonyl (C=O) groups excluding carboxylic acids is 1. The fourth-order valence-electron chi connectivity index (χ4n) is 2.36. The van der Waals surface area contributed by atoms with E-state index in [1.807, 2.05) is 24.4 Å². The van der Waals surface area contributed by atoms with E-state index in [2.05, 4.69) is 10.1 Å². The van der Waals surface area contributed by atoms with E-state index in [4.69, 9.17) is 0 Å². The third-order valence-corrected chi connectivity index (χ3v) is 4.93. The van der Waals surface area contributed by atoms with Gasteiger partial charge in [-0.15, -0.1) is 16.4 Å². The molecule has 0 aliphatic heterocycles. The lowest BCUT2D eigenvalue weighted by Gasteiger charge is -2.22. The third-order valence-electron chi connectivity index (χ3n) is 3.89. The van der Waals surface area contributed by atoms with Crippen molar-refractivity contribution in [1.29, 1.82) is 0 Å². The van der Waals surface area contributed by atoms with Gasteiger partial charge in [0.05, 0.1) is 11.7 Å². The number of thiophene rings is 1. The Balaban J connectivity index is 1.86. The molecule has 5 nitrogen and oxygen atoms in total. The molecule has 1 atom stereocenters. The third kappa shape index (κ3) is 3.07. The van der Waals surface area contributed by atoms with Crippen LogP contribution in [0.25, 0.3) is 5.69 Å². The maximum atomic E-state index is 13.1. The zero-order valence-corrected chi connectivity index (χ0v) is 14.4. The van der Waals surface area contributed by atoms with Crippen LogP contribution in [0.2, 0.25) is 0 Å². The Bertz CT molecular complexity index is 842. The van der Waals surface area contributed by atoms with Gasteiger partial charge in [-0.3, -0.25) is 4.79 Å². The van der Waals surface area contributed by atoms with Crippen molar-refractivity contribution in [3.8, 4) is 5.69 Å². The van der Waals surface area contributed by atoms with Crippen LogP contribution in [0.5, 0.6) is 0 Å². The quantitative estimate of drug-likeness (QED) is 0.726. The summed E-state index contributed by atoms with van der Waals surface area (Å²) in [5, 5.41) is 6.27. The largest absolute Gasteiger partial charge is 0.331 e. The summed E-state index contributed by atoms with van der Waals surface area (Å²) in [5.74, 6) is 0.127. The zero-order valence-electron chi connectivity index (χ0n) is 13.6. The molecule has 0 spiro atoms. The minimum absolute atomic E-state index is 0.0597. The lowest BCUT2D eigenvalue weighted by Crippen LogP contribution is -2.30. The highest BCUT2D eigenvalue weighted by molar-refractivity contribution is 7.10. The molecule has 0 bridgehead atoms. The lowest BCUT2D eigenvalue weighted by molar-refractivity contribution is 0.0732. The number of hydrogen-bond donors (Lipinski definition) is 0. The van der Waals surface area contributed by atoms with Crippen LogP contribution in [0.15, 0.2) is 41.8 Å². The molecule has 0 fully saturated rings. The Morgan fingerprint density at radius 3 is 2.62 bits per heavy atom. The zero-order chi connectivity index (χ0) is 17.3. The molecule has 0 saturated heterocycles. The van der Waals surface area contributed by atoms with E-state index in [-0.39, 0.29) is 23.6 Å². The first-order chi connectivity index (χ1) is 11.5. The van der Waals surface area contributed by atoms with Crippen LogP contribution in [-0.4, -0.2) is 32.6 Å². The van der Waals surface area contributed by atoms with E-state index < -0.39 is 0 Å². The van der Waals surface area contributed by atoms with E-state index in [1.54, 1.807) is 42.3 Å². The summed E-state index contributed by atoms with van der Waals surface area (Å²) in [6, 6.07) is 9.80. The second-order valence-electron chi connectivity index (χ2n) is 5.48. The summed E-state index contributed by atoms with van der Waals surface area (Å²) < 4.78 is 14.6. The summed E-state index contributed by atoms with van der Waals surface area (Å²) in [4.78, 5) is 19.6. The minimum Gasteiger partial charge on any atom is -0.331 e. The van der Waals surface area contributed by atoms with E-state index in [1.165, 1.54) is 16.8 Å². The van der Waals surface area contributed by atoms with Crippen molar-refractivity contribution in [1.82, 2.24) is 19.7 Å². The summed E-state index contributed by atoms with van der Waals surface area (Å²) in [7, 11) is 1.74. The first kappa shape index (κ1) is 16.3. The summed E-state index contributed by atoms with van der Waals surface area (Å²) in [6.07, 6.45) is 0. The summed E-state index contributed by atoms with van der Waals surface area (Å²) >= 11 is 1.60. The standard InChI is InChI=1S/C17H17FN4OS/c1-11(15-5-4-10-24-15)21(3)17(23)16-19-12(2)22(20-16)14-8-6-13(18)7-9-14/h4-11H,1-3H3/t11-/m1/s1. The van der Waals surface area contributed by atoms with Crippen molar-refractivity contribution in [2.45, 2.75) is 19.9 Å². The number of hydrogen-bond acceptors (Lipinski definition) is 4. The van der Waals surface area contributed by atoms with Crippen LogP contribution in [0.4, 0.5) is 4.39 Å². The van der Waals surface area contributed by atoms with E-state index >= 15 is 0 Å². The van der Waals surface area contributed by atoms with Gasteiger partial charge in [0.1, 0.15) is 11.6 Å². The van der Waals surface area contributed by atoms with Crippen LogP contribution < -0.4 is 0 Å². The molecular weight excluding hydrogens is 327 g/mol. The van der Waals surface area contributed by atoms with Gasteiger partial charge >= 0.3 is 0 Å². The van der Waals surface area contributed by atoms with Gasteiger partial charge in [-0.05, 0) is 49.6 Å². The topological polar surface area (TPSA) is 51.0 Å². The van der Waals surface area contributed by atoms with Gasteiger partial charge in [-0.2, -0.15) is 0 Å². The number of halogens is 1. The number of rotatable bonds is 4. The molecule has 24 heavy (non-hydrogen) atoms. The first-order valence-corrected chi connectivity index (χ1v) is 8.35. The summed E-state index contributed by atoms with van der Waals surface area (Å²) in [5.41, 5.74) is 0.661. The number of aromatic nitrogens is 3. The van der Waals surface area contributed by atoms with Gasteiger partial charge in [0.2, 0.25) is 5.82 Å². The molecule has 1 aromatic carbocycles. The summed E-state index contributed by atoms with van der Waals surface area (Å²) in [6.45, 7) is 3.73. The molecule has 0 aliphatic rings. The van der Waals surface area contributed by atoms with Crippen molar-refractivity contribution in [2.24, 2.45) is 0 Å². The van der Waals surface area contributed by atoms with E-state index in [0.29, 0.717) is 11.5 Å². The van der Waals surface area contributed by atoms with Crippen molar-refractivity contribution in [2.75, 3.05) is 7.05 Å². The van der Waals surface area contributed by atoms with Crippen LogP contribution in [-0.2, 0) is 0 Å². The van der Waals surface area contributed by atoms with E-state index in [9.17, 15) is 9.18 Å². The minimum atomic E-state index is -0.322. The molecule has 0 N–H and O–H groups in total. The molecule has 0 radical (unpaired) electrons. The molecule has 0 aliphatic carbocycles.